The molecule has 16 heavy (non-hydrogen) atoms. The molecular weight excluding hydrogens is 204 g/mol. The average molecular weight is 228 g/mol. The van der Waals surface area contributed by atoms with E-state index in [0.717, 1.165) is 12.8 Å². The summed E-state index contributed by atoms with van der Waals surface area (Å²) in [6, 6.07) is 0. The molecule has 94 valence electrons. The van der Waals surface area contributed by atoms with Gasteiger partial charge in [-0.1, -0.05) is 27.2 Å². The molecule has 0 heterocycles. The van der Waals surface area contributed by atoms with Crippen molar-refractivity contribution < 1.29 is 14.6 Å². The van der Waals surface area contributed by atoms with E-state index in [4.69, 9.17) is 4.74 Å². The van der Waals surface area contributed by atoms with E-state index < -0.39 is 12.1 Å². The van der Waals surface area contributed by atoms with Crippen LogP contribution >= 0.6 is 0 Å². The van der Waals surface area contributed by atoms with Crippen molar-refractivity contribution >= 4 is 5.97 Å². The standard InChI is InChI=1S/C13H24O3/c1-8(2)10-6-5-9(3)7-11(10)12(16-4)13(14)15/h8-12H,5-7H2,1-4H3,(H,14,15). The third-order valence-electron chi connectivity index (χ3n) is 3.96. The van der Waals surface area contributed by atoms with Crippen LogP contribution in [0.2, 0.25) is 0 Å². The third kappa shape index (κ3) is 2.97. The van der Waals surface area contributed by atoms with Crippen molar-refractivity contribution in [1.82, 2.24) is 0 Å². The van der Waals surface area contributed by atoms with Crippen molar-refractivity contribution in [2.24, 2.45) is 23.7 Å². The Kier molecular flexibility index (Phi) is 4.78. The number of rotatable bonds is 4. The van der Waals surface area contributed by atoms with Crippen LogP contribution in [-0.4, -0.2) is 24.3 Å². The number of carbonyl (C=O) groups is 1. The summed E-state index contributed by atoms with van der Waals surface area (Å²) in [5.41, 5.74) is 0. The predicted octanol–water partition coefficient (Wildman–Crippen LogP) is 2.79. The summed E-state index contributed by atoms with van der Waals surface area (Å²) < 4.78 is 5.18. The molecule has 0 aliphatic heterocycles. The van der Waals surface area contributed by atoms with Gasteiger partial charge in [0, 0.05) is 7.11 Å². The molecular formula is C13H24O3. The van der Waals surface area contributed by atoms with E-state index in [0.29, 0.717) is 17.8 Å². The smallest absolute Gasteiger partial charge is 0.333 e. The largest absolute Gasteiger partial charge is 0.479 e. The Morgan fingerprint density at radius 2 is 1.94 bits per heavy atom. The van der Waals surface area contributed by atoms with E-state index >= 15 is 0 Å². The molecule has 3 heteroatoms. The number of methoxy groups -OCH3 is 1. The first-order valence-corrected chi connectivity index (χ1v) is 6.23. The van der Waals surface area contributed by atoms with Gasteiger partial charge in [0.1, 0.15) is 0 Å². The number of hydrogen-bond acceptors (Lipinski definition) is 2. The Hall–Kier alpha value is -0.570. The lowest BCUT2D eigenvalue weighted by Gasteiger charge is -2.39. The molecule has 3 nitrogen and oxygen atoms in total. The van der Waals surface area contributed by atoms with Gasteiger partial charge in [0.15, 0.2) is 6.10 Å². The van der Waals surface area contributed by atoms with Gasteiger partial charge in [-0.2, -0.15) is 0 Å². The van der Waals surface area contributed by atoms with Gasteiger partial charge >= 0.3 is 5.97 Å². The van der Waals surface area contributed by atoms with E-state index in [1.165, 1.54) is 13.5 Å². The molecule has 1 fully saturated rings. The highest BCUT2D eigenvalue weighted by molar-refractivity contribution is 5.72. The molecule has 0 saturated heterocycles. The molecule has 0 aromatic rings. The van der Waals surface area contributed by atoms with Crippen molar-refractivity contribution in [3.05, 3.63) is 0 Å². The van der Waals surface area contributed by atoms with Gasteiger partial charge < -0.3 is 9.84 Å². The Morgan fingerprint density at radius 1 is 1.31 bits per heavy atom. The van der Waals surface area contributed by atoms with Gasteiger partial charge in [-0.15, -0.1) is 0 Å². The molecule has 0 aromatic heterocycles. The molecule has 4 unspecified atom stereocenters. The van der Waals surface area contributed by atoms with Crippen LogP contribution in [0, 0.1) is 23.7 Å². The van der Waals surface area contributed by atoms with Crippen molar-refractivity contribution in [2.75, 3.05) is 7.11 Å². The highest BCUT2D eigenvalue weighted by atomic mass is 16.5. The van der Waals surface area contributed by atoms with Gasteiger partial charge in [0.05, 0.1) is 0 Å². The molecule has 4 atom stereocenters. The Balaban J connectivity index is 2.81. The Labute approximate surface area is 98.2 Å². The second-order valence-corrected chi connectivity index (χ2v) is 5.48. The SMILES string of the molecule is COC(C(=O)O)C1CC(C)CCC1C(C)C. The van der Waals surface area contributed by atoms with Gasteiger partial charge in [-0.05, 0) is 36.5 Å². The summed E-state index contributed by atoms with van der Waals surface area (Å²) in [6.07, 6.45) is 2.70. The predicted molar refractivity (Wildman–Crippen MR) is 63.3 cm³/mol. The lowest BCUT2D eigenvalue weighted by atomic mass is 9.68. The maximum Gasteiger partial charge on any atom is 0.333 e. The Bertz CT molecular complexity index is 237. The summed E-state index contributed by atoms with van der Waals surface area (Å²) in [4.78, 5) is 11.2. The summed E-state index contributed by atoms with van der Waals surface area (Å²) in [6.45, 7) is 6.57. The van der Waals surface area contributed by atoms with Crippen LogP contribution in [-0.2, 0) is 9.53 Å². The van der Waals surface area contributed by atoms with Crippen LogP contribution in [0.5, 0.6) is 0 Å². The van der Waals surface area contributed by atoms with Crippen LogP contribution in [0.3, 0.4) is 0 Å². The second kappa shape index (κ2) is 5.67. The number of carboxylic acid groups (broad SMARTS) is 1. The summed E-state index contributed by atoms with van der Waals surface area (Å²) in [7, 11) is 1.51. The Morgan fingerprint density at radius 3 is 2.38 bits per heavy atom. The molecule has 0 amide bonds. The highest BCUT2D eigenvalue weighted by Gasteiger charge is 2.39. The molecule has 1 rings (SSSR count). The third-order valence-corrected chi connectivity index (χ3v) is 3.96. The van der Waals surface area contributed by atoms with Crippen LogP contribution < -0.4 is 0 Å². The fourth-order valence-electron chi connectivity index (χ4n) is 3.08. The van der Waals surface area contributed by atoms with Gasteiger partial charge in [0.25, 0.3) is 0 Å². The van der Waals surface area contributed by atoms with Crippen LogP contribution in [0.25, 0.3) is 0 Å². The molecule has 1 aliphatic carbocycles. The van der Waals surface area contributed by atoms with E-state index in [2.05, 4.69) is 20.8 Å². The molecule has 0 aromatic carbocycles. The van der Waals surface area contributed by atoms with E-state index in [-0.39, 0.29) is 5.92 Å². The minimum Gasteiger partial charge on any atom is -0.479 e. The molecule has 0 radical (unpaired) electrons. The molecule has 1 aliphatic rings. The number of carboxylic acids is 1. The second-order valence-electron chi connectivity index (χ2n) is 5.48. The molecule has 1 N–H and O–H groups in total. The monoisotopic (exact) mass is 228 g/mol. The van der Waals surface area contributed by atoms with Crippen molar-refractivity contribution in [1.29, 1.82) is 0 Å². The van der Waals surface area contributed by atoms with Gasteiger partial charge in [0.2, 0.25) is 0 Å². The van der Waals surface area contributed by atoms with Crippen LogP contribution in [0.4, 0.5) is 0 Å². The zero-order chi connectivity index (χ0) is 12.3. The van der Waals surface area contributed by atoms with E-state index in [9.17, 15) is 9.90 Å². The van der Waals surface area contributed by atoms with Crippen LogP contribution in [0.1, 0.15) is 40.0 Å². The number of aliphatic carboxylic acids is 1. The van der Waals surface area contributed by atoms with Crippen LogP contribution in [0.15, 0.2) is 0 Å². The average Bonchev–Trinajstić information content (AvgIpc) is 2.17. The summed E-state index contributed by atoms with van der Waals surface area (Å²) in [5.74, 6) is 1.00. The zero-order valence-electron chi connectivity index (χ0n) is 10.8. The first-order valence-electron chi connectivity index (χ1n) is 6.23. The quantitative estimate of drug-likeness (QED) is 0.804. The normalized spacial score (nSPS) is 32.7. The first kappa shape index (κ1) is 13.5. The minimum atomic E-state index is -0.813. The topological polar surface area (TPSA) is 46.5 Å². The maximum atomic E-state index is 11.2. The van der Waals surface area contributed by atoms with Crippen molar-refractivity contribution in [3.8, 4) is 0 Å². The maximum absolute atomic E-state index is 11.2. The van der Waals surface area contributed by atoms with Crippen molar-refractivity contribution in [3.63, 3.8) is 0 Å². The number of hydrogen-bond donors (Lipinski definition) is 1. The van der Waals surface area contributed by atoms with Gasteiger partial charge in [-0.25, -0.2) is 4.79 Å². The lowest BCUT2D eigenvalue weighted by molar-refractivity contribution is -0.155. The molecule has 0 bridgehead atoms. The van der Waals surface area contributed by atoms with E-state index in [1.54, 1.807) is 0 Å². The fraction of sp³-hybridized carbons (Fsp3) is 0.923. The lowest BCUT2D eigenvalue weighted by Crippen LogP contribution is -2.41. The summed E-state index contributed by atoms with van der Waals surface area (Å²) >= 11 is 0. The summed E-state index contributed by atoms with van der Waals surface area (Å²) in [5, 5.41) is 9.19. The number of ether oxygens (including phenoxy) is 1. The zero-order valence-corrected chi connectivity index (χ0v) is 10.8. The van der Waals surface area contributed by atoms with Gasteiger partial charge in [-0.3, -0.25) is 0 Å². The first-order chi connectivity index (χ1) is 7.47. The van der Waals surface area contributed by atoms with Crippen molar-refractivity contribution in [2.45, 2.75) is 46.1 Å². The minimum absolute atomic E-state index is 0.172. The van der Waals surface area contributed by atoms with E-state index in [1.807, 2.05) is 0 Å². The molecule has 0 spiro atoms. The highest BCUT2D eigenvalue weighted by Crippen LogP contribution is 2.40. The molecule has 1 saturated carbocycles. The fourth-order valence-corrected chi connectivity index (χ4v) is 3.08.